The number of aryl methyl sites for hydroxylation is 1. The van der Waals surface area contributed by atoms with Crippen LogP contribution >= 0.6 is 15.9 Å². The molecule has 0 atom stereocenters. The number of ether oxygens (including phenoxy) is 1. The minimum absolute atomic E-state index is 0.356. The highest BCUT2D eigenvalue weighted by atomic mass is 79.9. The molecule has 1 heterocycles. The molecule has 1 aromatic carbocycles. The summed E-state index contributed by atoms with van der Waals surface area (Å²) in [6.07, 6.45) is 0.356. The first-order valence-electron chi connectivity index (χ1n) is 4.39. The average Bonchev–Trinajstić information content (AvgIpc) is 2.04. The molecule has 0 radical (unpaired) electrons. The molecule has 1 saturated heterocycles. The standard InChI is InChI=1S/C10H12BrNO/c1-7-2-3-8(4-10(7)11)13-9-5-12-6-9/h2-4,9,12H,5-6H2,1H3. The van der Waals surface area contributed by atoms with Gasteiger partial charge in [0.1, 0.15) is 11.9 Å². The maximum absolute atomic E-state index is 5.69. The van der Waals surface area contributed by atoms with Crippen molar-refractivity contribution in [3.63, 3.8) is 0 Å². The first-order chi connectivity index (χ1) is 6.25. The minimum Gasteiger partial charge on any atom is -0.488 e. The van der Waals surface area contributed by atoms with E-state index in [0.29, 0.717) is 6.10 Å². The monoisotopic (exact) mass is 241 g/mol. The minimum atomic E-state index is 0.356. The van der Waals surface area contributed by atoms with E-state index in [9.17, 15) is 0 Å². The van der Waals surface area contributed by atoms with Gasteiger partial charge in [-0.25, -0.2) is 0 Å². The molecule has 0 spiro atoms. The van der Waals surface area contributed by atoms with Crippen molar-refractivity contribution in [2.24, 2.45) is 0 Å². The van der Waals surface area contributed by atoms with Gasteiger partial charge in [0, 0.05) is 17.6 Å². The number of halogens is 1. The Morgan fingerprint density at radius 2 is 2.23 bits per heavy atom. The van der Waals surface area contributed by atoms with Crippen molar-refractivity contribution in [3.8, 4) is 5.75 Å². The summed E-state index contributed by atoms with van der Waals surface area (Å²) in [5, 5.41) is 3.17. The molecule has 2 nitrogen and oxygen atoms in total. The average molecular weight is 242 g/mol. The Labute approximate surface area is 86.4 Å². The van der Waals surface area contributed by atoms with E-state index in [1.54, 1.807) is 0 Å². The largest absolute Gasteiger partial charge is 0.488 e. The van der Waals surface area contributed by atoms with E-state index in [1.807, 2.05) is 12.1 Å². The lowest BCUT2D eigenvalue weighted by molar-refractivity contribution is 0.142. The molecule has 1 aliphatic heterocycles. The van der Waals surface area contributed by atoms with Crippen LogP contribution in [0.15, 0.2) is 22.7 Å². The zero-order valence-electron chi connectivity index (χ0n) is 7.51. The number of rotatable bonds is 2. The summed E-state index contributed by atoms with van der Waals surface area (Å²) in [4.78, 5) is 0. The quantitative estimate of drug-likeness (QED) is 0.857. The molecule has 1 aromatic rings. The number of nitrogens with one attached hydrogen (secondary N) is 1. The summed E-state index contributed by atoms with van der Waals surface area (Å²) in [5.74, 6) is 0.948. The Morgan fingerprint density at radius 3 is 2.77 bits per heavy atom. The van der Waals surface area contributed by atoms with Crippen LogP contribution in [0.2, 0.25) is 0 Å². The van der Waals surface area contributed by atoms with Crippen molar-refractivity contribution in [2.75, 3.05) is 13.1 Å². The van der Waals surface area contributed by atoms with Crippen LogP contribution in [-0.2, 0) is 0 Å². The van der Waals surface area contributed by atoms with Crippen molar-refractivity contribution < 1.29 is 4.74 Å². The van der Waals surface area contributed by atoms with E-state index >= 15 is 0 Å². The Kier molecular flexibility index (Phi) is 2.56. The lowest BCUT2D eigenvalue weighted by Gasteiger charge is -2.27. The highest BCUT2D eigenvalue weighted by Crippen LogP contribution is 2.23. The molecular formula is C10H12BrNO. The molecule has 1 aliphatic rings. The SMILES string of the molecule is Cc1ccc(OC2CNC2)cc1Br. The van der Waals surface area contributed by atoms with Gasteiger partial charge in [-0.1, -0.05) is 22.0 Å². The zero-order chi connectivity index (χ0) is 9.26. The Balaban J connectivity index is 2.07. The Bertz CT molecular complexity index is 310. The van der Waals surface area contributed by atoms with E-state index in [0.717, 1.165) is 23.3 Å². The summed E-state index contributed by atoms with van der Waals surface area (Å²) < 4.78 is 6.80. The van der Waals surface area contributed by atoms with Crippen LogP contribution < -0.4 is 10.1 Å². The van der Waals surface area contributed by atoms with Crippen molar-refractivity contribution in [3.05, 3.63) is 28.2 Å². The van der Waals surface area contributed by atoms with E-state index in [1.165, 1.54) is 5.56 Å². The van der Waals surface area contributed by atoms with Gasteiger partial charge in [0.2, 0.25) is 0 Å². The maximum Gasteiger partial charge on any atom is 0.123 e. The number of hydrogen-bond donors (Lipinski definition) is 1. The van der Waals surface area contributed by atoms with Crippen molar-refractivity contribution >= 4 is 15.9 Å². The van der Waals surface area contributed by atoms with Crippen LogP contribution in [0, 0.1) is 6.92 Å². The molecule has 2 rings (SSSR count). The summed E-state index contributed by atoms with van der Waals surface area (Å²) >= 11 is 3.48. The van der Waals surface area contributed by atoms with Crippen molar-refractivity contribution in [2.45, 2.75) is 13.0 Å². The number of benzene rings is 1. The first-order valence-corrected chi connectivity index (χ1v) is 5.18. The second-order valence-corrected chi connectivity index (χ2v) is 4.16. The first kappa shape index (κ1) is 9.03. The summed E-state index contributed by atoms with van der Waals surface area (Å²) in [6, 6.07) is 6.09. The smallest absolute Gasteiger partial charge is 0.123 e. The van der Waals surface area contributed by atoms with E-state index in [-0.39, 0.29) is 0 Å². The molecule has 3 heteroatoms. The van der Waals surface area contributed by atoms with E-state index in [2.05, 4.69) is 34.2 Å². The van der Waals surface area contributed by atoms with Crippen molar-refractivity contribution in [1.29, 1.82) is 0 Å². The van der Waals surface area contributed by atoms with Crippen LogP contribution in [0.25, 0.3) is 0 Å². The molecule has 0 saturated carbocycles. The fraction of sp³-hybridized carbons (Fsp3) is 0.400. The predicted molar refractivity (Wildman–Crippen MR) is 56.2 cm³/mol. The third-order valence-electron chi connectivity index (χ3n) is 2.19. The van der Waals surface area contributed by atoms with E-state index < -0.39 is 0 Å². The second-order valence-electron chi connectivity index (χ2n) is 3.31. The molecule has 0 amide bonds. The molecular weight excluding hydrogens is 230 g/mol. The maximum atomic E-state index is 5.69. The van der Waals surface area contributed by atoms with Gasteiger partial charge in [0.15, 0.2) is 0 Å². The zero-order valence-corrected chi connectivity index (χ0v) is 9.10. The van der Waals surface area contributed by atoms with Crippen LogP contribution in [0.5, 0.6) is 5.75 Å². The van der Waals surface area contributed by atoms with Crippen molar-refractivity contribution in [1.82, 2.24) is 5.32 Å². The Hall–Kier alpha value is -0.540. The predicted octanol–water partition coefficient (Wildman–Crippen LogP) is 2.11. The highest BCUT2D eigenvalue weighted by Gasteiger charge is 2.18. The molecule has 1 fully saturated rings. The fourth-order valence-corrected chi connectivity index (χ4v) is 1.54. The number of hydrogen-bond acceptors (Lipinski definition) is 2. The lowest BCUT2D eigenvalue weighted by Crippen LogP contribution is -2.50. The molecule has 1 N–H and O–H groups in total. The molecule has 70 valence electrons. The third kappa shape index (κ3) is 2.03. The van der Waals surface area contributed by atoms with Crippen LogP contribution in [0.4, 0.5) is 0 Å². The van der Waals surface area contributed by atoms with Crippen LogP contribution in [0.3, 0.4) is 0 Å². The van der Waals surface area contributed by atoms with E-state index in [4.69, 9.17) is 4.74 Å². The molecule has 13 heavy (non-hydrogen) atoms. The Morgan fingerprint density at radius 1 is 1.46 bits per heavy atom. The van der Waals surface area contributed by atoms with Crippen LogP contribution in [-0.4, -0.2) is 19.2 Å². The highest BCUT2D eigenvalue weighted by molar-refractivity contribution is 9.10. The molecule has 0 aromatic heterocycles. The molecule has 0 aliphatic carbocycles. The van der Waals surface area contributed by atoms with Gasteiger partial charge in [0.05, 0.1) is 0 Å². The van der Waals surface area contributed by atoms with Gasteiger partial charge < -0.3 is 10.1 Å². The van der Waals surface area contributed by atoms with Gasteiger partial charge in [-0.3, -0.25) is 0 Å². The van der Waals surface area contributed by atoms with Crippen LogP contribution in [0.1, 0.15) is 5.56 Å². The van der Waals surface area contributed by atoms with Gasteiger partial charge in [-0.2, -0.15) is 0 Å². The van der Waals surface area contributed by atoms with Gasteiger partial charge in [-0.05, 0) is 24.6 Å². The van der Waals surface area contributed by atoms with Gasteiger partial charge in [0.25, 0.3) is 0 Å². The third-order valence-corrected chi connectivity index (χ3v) is 3.04. The normalized spacial score (nSPS) is 16.8. The molecule has 0 unspecified atom stereocenters. The summed E-state index contributed by atoms with van der Waals surface area (Å²) in [5.41, 5.74) is 1.24. The lowest BCUT2D eigenvalue weighted by atomic mass is 10.2. The van der Waals surface area contributed by atoms with Gasteiger partial charge in [-0.15, -0.1) is 0 Å². The summed E-state index contributed by atoms with van der Waals surface area (Å²) in [6.45, 7) is 4.00. The fourth-order valence-electron chi connectivity index (χ4n) is 1.18. The molecule has 0 bridgehead atoms. The summed E-state index contributed by atoms with van der Waals surface area (Å²) in [7, 11) is 0. The van der Waals surface area contributed by atoms with Gasteiger partial charge >= 0.3 is 0 Å². The topological polar surface area (TPSA) is 21.3 Å². The second kappa shape index (κ2) is 3.68.